The molecule has 4 nitrogen and oxygen atoms in total. The van der Waals surface area contributed by atoms with Gasteiger partial charge in [-0.15, -0.1) is 6.58 Å². The summed E-state index contributed by atoms with van der Waals surface area (Å²) in [6.45, 7) is 10.4. The van der Waals surface area contributed by atoms with Crippen molar-refractivity contribution in [1.29, 1.82) is 0 Å². The molecule has 2 atom stereocenters. The van der Waals surface area contributed by atoms with E-state index in [9.17, 15) is 4.79 Å². The Morgan fingerprint density at radius 2 is 2.10 bits per heavy atom. The minimum Gasteiger partial charge on any atom is -0.444 e. The van der Waals surface area contributed by atoms with E-state index in [4.69, 9.17) is 4.74 Å². The molecule has 5 heteroatoms. The minimum absolute atomic E-state index is 0.239. The van der Waals surface area contributed by atoms with Gasteiger partial charge in [-0.05, 0) is 40.0 Å². The Morgan fingerprint density at radius 1 is 1.40 bits per heavy atom. The molecular weight excluding hydrogens is 272 g/mol. The maximum absolute atomic E-state index is 11.7. The second-order valence-corrected chi connectivity index (χ2v) is 7.32. The zero-order valence-corrected chi connectivity index (χ0v) is 13.7. The Hall–Kier alpha value is -0.680. The van der Waals surface area contributed by atoms with Crippen LogP contribution in [-0.4, -0.2) is 41.8 Å². The summed E-state index contributed by atoms with van der Waals surface area (Å²) in [4.78, 5) is 11.7. The molecule has 2 N–H and O–H groups in total. The molecule has 0 aliphatic heterocycles. The average Bonchev–Trinajstić information content (AvgIpc) is 2.74. The first-order valence-electron chi connectivity index (χ1n) is 7.32. The summed E-state index contributed by atoms with van der Waals surface area (Å²) < 4.78 is 5.28. The standard InChI is InChI=1S/C15H28N2O2S/c1-5-9-20-10-8-16-12-6-7-13(11-12)17-14(18)19-15(2,3)4/h5,12-13,16H,1,6-11H2,2-4H3,(H,17,18). The van der Waals surface area contributed by atoms with E-state index < -0.39 is 5.60 Å². The largest absolute Gasteiger partial charge is 0.444 e. The lowest BCUT2D eigenvalue weighted by Crippen LogP contribution is -2.39. The van der Waals surface area contributed by atoms with E-state index >= 15 is 0 Å². The molecule has 0 saturated heterocycles. The van der Waals surface area contributed by atoms with E-state index in [1.165, 1.54) is 0 Å². The fraction of sp³-hybridized carbons (Fsp3) is 0.800. The second kappa shape index (κ2) is 8.57. The number of thioether (sulfide) groups is 1. The van der Waals surface area contributed by atoms with Crippen LogP contribution in [0.4, 0.5) is 4.79 Å². The van der Waals surface area contributed by atoms with Gasteiger partial charge in [-0.3, -0.25) is 0 Å². The molecule has 1 amide bonds. The Bertz CT molecular complexity index is 315. The van der Waals surface area contributed by atoms with Crippen LogP contribution in [0.25, 0.3) is 0 Å². The molecule has 0 aromatic carbocycles. The lowest BCUT2D eigenvalue weighted by molar-refractivity contribution is 0.0505. The molecule has 0 aromatic rings. The van der Waals surface area contributed by atoms with Crippen LogP contribution in [0.1, 0.15) is 40.0 Å². The van der Waals surface area contributed by atoms with E-state index in [-0.39, 0.29) is 12.1 Å². The Morgan fingerprint density at radius 3 is 2.75 bits per heavy atom. The first-order valence-corrected chi connectivity index (χ1v) is 8.47. The molecule has 0 spiro atoms. The van der Waals surface area contributed by atoms with E-state index in [1.807, 2.05) is 38.6 Å². The monoisotopic (exact) mass is 300 g/mol. The highest BCUT2D eigenvalue weighted by atomic mass is 32.2. The van der Waals surface area contributed by atoms with Crippen LogP contribution >= 0.6 is 11.8 Å². The van der Waals surface area contributed by atoms with Gasteiger partial charge < -0.3 is 15.4 Å². The SMILES string of the molecule is C=CCSCCNC1CCC(NC(=O)OC(C)(C)C)C1. The van der Waals surface area contributed by atoms with Crippen molar-refractivity contribution in [3.63, 3.8) is 0 Å². The van der Waals surface area contributed by atoms with Crippen LogP contribution < -0.4 is 10.6 Å². The smallest absolute Gasteiger partial charge is 0.407 e. The predicted octanol–water partition coefficient (Wildman–Crippen LogP) is 2.94. The maximum atomic E-state index is 11.7. The highest BCUT2D eigenvalue weighted by Crippen LogP contribution is 2.19. The lowest BCUT2D eigenvalue weighted by Gasteiger charge is -2.21. The van der Waals surface area contributed by atoms with Crippen LogP contribution in [0.2, 0.25) is 0 Å². The van der Waals surface area contributed by atoms with Gasteiger partial charge in [0.25, 0.3) is 0 Å². The van der Waals surface area contributed by atoms with Gasteiger partial charge in [0.2, 0.25) is 0 Å². The second-order valence-electron chi connectivity index (χ2n) is 6.17. The first kappa shape index (κ1) is 17.4. The molecule has 1 rings (SSSR count). The highest BCUT2D eigenvalue weighted by Gasteiger charge is 2.27. The van der Waals surface area contributed by atoms with Crippen molar-refractivity contribution in [3.05, 3.63) is 12.7 Å². The summed E-state index contributed by atoms with van der Waals surface area (Å²) in [7, 11) is 0. The van der Waals surface area contributed by atoms with Gasteiger partial charge in [-0.2, -0.15) is 11.8 Å². The molecule has 0 aromatic heterocycles. The third-order valence-corrected chi connectivity index (χ3v) is 4.03. The van der Waals surface area contributed by atoms with Crippen molar-refractivity contribution in [2.24, 2.45) is 0 Å². The topological polar surface area (TPSA) is 50.4 Å². The average molecular weight is 300 g/mol. The van der Waals surface area contributed by atoms with Crippen LogP contribution in [0, 0.1) is 0 Å². The van der Waals surface area contributed by atoms with Crippen molar-refractivity contribution in [2.45, 2.75) is 57.7 Å². The minimum atomic E-state index is -0.428. The summed E-state index contributed by atoms with van der Waals surface area (Å²) in [6, 6.07) is 0.752. The Balaban J connectivity index is 2.13. The van der Waals surface area contributed by atoms with Crippen molar-refractivity contribution in [2.75, 3.05) is 18.1 Å². The van der Waals surface area contributed by atoms with Gasteiger partial charge in [-0.1, -0.05) is 6.08 Å². The van der Waals surface area contributed by atoms with Gasteiger partial charge in [0.15, 0.2) is 0 Å². The van der Waals surface area contributed by atoms with Crippen molar-refractivity contribution >= 4 is 17.9 Å². The Kier molecular flexibility index (Phi) is 7.45. The zero-order chi connectivity index (χ0) is 15.0. The van der Waals surface area contributed by atoms with Crippen LogP contribution in [0.5, 0.6) is 0 Å². The van der Waals surface area contributed by atoms with Crippen LogP contribution in [-0.2, 0) is 4.74 Å². The molecule has 0 bridgehead atoms. The van der Waals surface area contributed by atoms with E-state index in [1.54, 1.807) is 0 Å². The van der Waals surface area contributed by atoms with Gasteiger partial charge in [0, 0.05) is 30.1 Å². The number of rotatable bonds is 7. The predicted molar refractivity (Wildman–Crippen MR) is 86.3 cm³/mol. The van der Waals surface area contributed by atoms with E-state index in [2.05, 4.69) is 17.2 Å². The normalized spacial score (nSPS) is 22.6. The van der Waals surface area contributed by atoms with Gasteiger partial charge >= 0.3 is 6.09 Å². The fourth-order valence-corrected chi connectivity index (χ4v) is 2.87. The summed E-state index contributed by atoms with van der Waals surface area (Å²) in [5, 5.41) is 6.50. The number of hydrogen-bond donors (Lipinski definition) is 2. The molecule has 20 heavy (non-hydrogen) atoms. The molecule has 2 unspecified atom stereocenters. The van der Waals surface area contributed by atoms with Crippen molar-refractivity contribution in [3.8, 4) is 0 Å². The van der Waals surface area contributed by atoms with E-state index in [0.29, 0.717) is 6.04 Å². The number of amides is 1. The van der Waals surface area contributed by atoms with Gasteiger partial charge in [0.1, 0.15) is 5.60 Å². The van der Waals surface area contributed by atoms with Gasteiger partial charge in [0.05, 0.1) is 0 Å². The third-order valence-electron chi connectivity index (χ3n) is 3.07. The first-order chi connectivity index (χ1) is 9.40. The molecule has 116 valence electrons. The fourth-order valence-electron chi connectivity index (χ4n) is 2.27. The number of carbonyl (C=O) groups excluding carboxylic acids is 1. The lowest BCUT2D eigenvalue weighted by atomic mass is 10.2. The molecule has 1 saturated carbocycles. The number of ether oxygens (including phenoxy) is 1. The van der Waals surface area contributed by atoms with Crippen LogP contribution in [0.3, 0.4) is 0 Å². The Labute approximate surface area is 127 Å². The molecule has 0 radical (unpaired) electrons. The number of hydrogen-bond acceptors (Lipinski definition) is 4. The molecule has 0 heterocycles. The highest BCUT2D eigenvalue weighted by molar-refractivity contribution is 7.99. The third kappa shape index (κ3) is 7.80. The molecule has 1 aliphatic rings. The van der Waals surface area contributed by atoms with E-state index in [0.717, 1.165) is 37.3 Å². The van der Waals surface area contributed by atoms with Crippen molar-refractivity contribution < 1.29 is 9.53 Å². The number of nitrogens with one attached hydrogen (secondary N) is 2. The summed E-state index contributed by atoms with van der Waals surface area (Å²) >= 11 is 1.88. The molecule has 1 fully saturated rings. The maximum Gasteiger partial charge on any atom is 0.407 e. The molecular formula is C15H28N2O2S. The summed E-state index contributed by atoms with van der Waals surface area (Å²) in [5.41, 5.74) is -0.428. The summed E-state index contributed by atoms with van der Waals surface area (Å²) in [5.74, 6) is 2.11. The zero-order valence-electron chi connectivity index (χ0n) is 12.9. The summed E-state index contributed by atoms with van der Waals surface area (Å²) in [6.07, 6.45) is 4.76. The van der Waals surface area contributed by atoms with Gasteiger partial charge in [-0.25, -0.2) is 4.79 Å². The van der Waals surface area contributed by atoms with Crippen molar-refractivity contribution in [1.82, 2.24) is 10.6 Å². The van der Waals surface area contributed by atoms with Crippen LogP contribution in [0.15, 0.2) is 12.7 Å². The number of alkyl carbamates (subject to hydrolysis) is 1. The molecule has 1 aliphatic carbocycles. The quantitative estimate of drug-likeness (QED) is 0.561. The number of carbonyl (C=O) groups is 1.